The SMILES string of the molecule is CCCC1Cc2cc3n(c2-c2ccc(Br)cc21)[B-](F)(F)[N+]1=C2C(=CC1=C3C(F)(F)F)CCc1cc(Br)ccc12. The molecule has 1 aromatic heterocycles. The van der Waals surface area contributed by atoms with E-state index in [1.165, 1.54) is 12.1 Å². The quantitative estimate of drug-likeness (QED) is 0.191. The van der Waals surface area contributed by atoms with E-state index < -0.39 is 30.1 Å². The number of halogens is 7. The van der Waals surface area contributed by atoms with Crippen LogP contribution in [0.3, 0.4) is 0 Å². The Kier molecular flexibility index (Phi) is 5.57. The maximum atomic E-state index is 17.0. The van der Waals surface area contributed by atoms with Gasteiger partial charge in [-0.2, -0.15) is 13.2 Å². The molecule has 3 aromatic rings. The van der Waals surface area contributed by atoms with Gasteiger partial charge in [0.2, 0.25) is 0 Å². The molecule has 0 amide bonds. The van der Waals surface area contributed by atoms with Gasteiger partial charge in [0.05, 0.1) is 0 Å². The Hall–Kier alpha value is -2.46. The number of allylic oxidation sites excluding steroid dienone is 3. The largest absolute Gasteiger partial charge is 0.737 e. The normalized spacial score (nSPS) is 20.6. The molecule has 3 heterocycles. The van der Waals surface area contributed by atoms with Crippen LogP contribution in [0.25, 0.3) is 16.8 Å². The van der Waals surface area contributed by atoms with Crippen molar-refractivity contribution in [3.63, 3.8) is 0 Å². The number of fused-ring (bicyclic) bond motifs is 9. The van der Waals surface area contributed by atoms with Gasteiger partial charge in [0.25, 0.3) is 0 Å². The van der Waals surface area contributed by atoms with Crippen LogP contribution in [0.5, 0.6) is 0 Å². The Morgan fingerprint density at radius 3 is 2.41 bits per heavy atom. The van der Waals surface area contributed by atoms with Gasteiger partial charge in [0.15, 0.2) is 11.4 Å². The van der Waals surface area contributed by atoms with Crippen molar-refractivity contribution < 1.29 is 26.3 Å². The lowest BCUT2D eigenvalue weighted by Crippen LogP contribution is -2.52. The molecule has 39 heavy (non-hydrogen) atoms. The van der Waals surface area contributed by atoms with E-state index >= 15 is 8.63 Å². The van der Waals surface area contributed by atoms with E-state index in [0.29, 0.717) is 50.5 Å². The fourth-order valence-corrected chi connectivity index (χ4v) is 7.80. The maximum absolute atomic E-state index is 17.0. The van der Waals surface area contributed by atoms with E-state index in [9.17, 15) is 13.2 Å². The molecule has 2 aromatic carbocycles. The summed E-state index contributed by atoms with van der Waals surface area (Å²) in [5.74, 6) is 0.0481. The minimum absolute atomic E-state index is 0.0481. The molecular formula is C29H22BBr2F5N2. The van der Waals surface area contributed by atoms with Gasteiger partial charge in [-0.25, -0.2) is 0 Å². The van der Waals surface area contributed by atoms with Gasteiger partial charge in [-0.3, -0.25) is 0 Å². The standard InChI is InChI=1S/C29H22BBr2F5N2/c1-2-3-15-10-18-13-25-26(29(33,34)35)24-12-17-5-4-16-11-19(31)6-8-21(16)27(17)38(24)30(36,37)39(25)28(18)22-9-7-20(32)14-23(15)22/h6-9,11-15H,2-5,10H2,1H3. The van der Waals surface area contributed by atoms with Crippen LogP contribution in [0.1, 0.15) is 60.1 Å². The number of benzene rings is 2. The van der Waals surface area contributed by atoms with Crippen molar-refractivity contribution in [2.45, 2.75) is 51.1 Å². The Morgan fingerprint density at radius 1 is 0.974 bits per heavy atom. The Labute approximate surface area is 239 Å². The highest BCUT2D eigenvalue weighted by molar-refractivity contribution is 9.10. The summed E-state index contributed by atoms with van der Waals surface area (Å²) in [6, 6.07) is 12.2. The first kappa shape index (κ1) is 25.5. The van der Waals surface area contributed by atoms with Crippen LogP contribution >= 0.6 is 31.9 Å². The first-order valence-corrected chi connectivity index (χ1v) is 14.6. The molecular weight excluding hydrogens is 642 g/mol. The predicted molar refractivity (Wildman–Crippen MR) is 150 cm³/mol. The zero-order valence-corrected chi connectivity index (χ0v) is 24.0. The smallest absolute Gasteiger partial charge is 0.389 e. The summed E-state index contributed by atoms with van der Waals surface area (Å²) in [4.78, 5) is 0. The van der Waals surface area contributed by atoms with Crippen LogP contribution in [0.2, 0.25) is 0 Å². The number of rotatable bonds is 2. The van der Waals surface area contributed by atoms with Crippen molar-refractivity contribution >= 4 is 50.1 Å². The van der Waals surface area contributed by atoms with Gasteiger partial charge in [-0.05, 0) is 90.3 Å². The average molecular weight is 664 g/mol. The third kappa shape index (κ3) is 3.59. The minimum atomic E-state index is -4.82. The summed E-state index contributed by atoms with van der Waals surface area (Å²) >= 11 is 6.94. The molecule has 0 spiro atoms. The second-order valence-electron chi connectivity index (χ2n) is 10.7. The Morgan fingerprint density at radius 2 is 1.69 bits per heavy atom. The monoisotopic (exact) mass is 662 g/mol. The highest BCUT2D eigenvalue weighted by atomic mass is 79.9. The van der Waals surface area contributed by atoms with Crippen LogP contribution in [0.15, 0.2) is 68.8 Å². The lowest BCUT2D eigenvalue weighted by atomic mass is 9.78. The van der Waals surface area contributed by atoms with Crippen molar-refractivity contribution in [2.75, 3.05) is 0 Å². The molecule has 1 atom stereocenters. The highest BCUT2D eigenvalue weighted by Gasteiger charge is 2.60. The van der Waals surface area contributed by atoms with E-state index in [0.717, 1.165) is 32.9 Å². The first-order valence-electron chi connectivity index (χ1n) is 13.0. The number of alkyl halides is 3. The molecule has 1 unspecified atom stereocenters. The fourth-order valence-electron chi connectivity index (χ4n) is 7.01. The molecule has 10 heteroatoms. The van der Waals surface area contributed by atoms with Gasteiger partial charge in [-0.15, -0.1) is 0 Å². The molecule has 0 N–H and O–H groups in total. The lowest BCUT2D eigenvalue weighted by molar-refractivity contribution is -0.362. The number of aryl methyl sites for hydroxylation is 1. The molecule has 0 fully saturated rings. The zero-order valence-electron chi connectivity index (χ0n) is 20.8. The Bertz CT molecular complexity index is 1700. The van der Waals surface area contributed by atoms with Crippen LogP contribution in [0.4, 0.5) is 21.8 Å². The van der Waals surface area contributed by atoms with Crippen molar-refractivity contribution in [2.24, 2.45) is 0 Å². The summed E-state index contributed by atoms with van der Waals surface area (Å²) in [7, 11) is 0. The molecule has 200 valence electrons. The molecule has 0 saturated carbocycles. The molecule has 7 rings (SSSR count). The van der Waals surface area contributed by atoms with Crippen LogP contribution in [-0.2, 0) is 12.8 Å². The molecule has 2 aliphatic carbocycles. The maximum Gasteiger partial charge on any atom is 0.737 e. The van der Waals surface area contributed by atoms with E-state index in [-0.39, 0.29) is 17.3 Å². The Balaban J connectivity index is 1.57. The fraction of sp³-hybridized carbons (Fsp3) is 0.276. The average Bonchev–Trinajstić information content (AvgIpc) is 3.43. The number of nitrogens with zero attached hydrogens (tertiary/aromatic N) is 2. The van der Waals surface area contributed by atoms with Gasteiger partial charge in [0.1, 0.15) is 5.57 Å². The molecule has 4 aliphatic rings. The molecule has 0 bridgehead atoms. The van der Waals surface area contributed by atoms with Crippen molar-refractivity contribution in [3.05, 3.63) is 96.7 Å². The summed E-state index contributed by atoms with van der Waals surface area (Å²) in [5.41, 5.74) is 2.46. The zero-order chi connectivity index (χ0) is 27.4. The predicted octanol–water partition coefficient (Wildman–Crippen LogP) is 9.02. The highest BCUT2D eigenvalue weighted by Crippen LogP contribution is 2.52. The second-order valence-corrected chi connectivity index (χ2v) is 12.6. The lowest BCUT2D eigenvalue weighted by Gasteiger charge is -2.36. The molecule has 2 aliphatic heterocycles. The topological polar surface area (TPSA) is 7.94 Å². The minimum Gasteiger partial charge on any atom is -0.389 e. The van der Waals surface area contributed by atoms with Gasteiger partial charge < -0.3 is 17.6 Å². The molecule has 0 saturated heterocycles. The van der Waals surface area contributed by atoms with Gasteiger partial charge in [0, 0.05) is 37.5 Å². The van der Waals surface area contributed by atoms with E-state index in [2.05, 4.69) is 38.8 Å². The van der Waals surface area contributed by atoms with E-state index in [4.69, 9.17) is 0 Å². The number of aromatic nitrogens is 1. The van der Waals surface area contributed by atoms with Crippen molar-refractivity contribution in [1.82, 2.24) is 4.48 Å². The summed E-state index contributed by atoms with van der Waals surface area (Å²) in [6.45, 7) is -2.59. The van der Waals surface area contributed by atoms with Crippen LogP contribution in [0, 0.1) is 0 Å². The van der Waals surface area contributed by atoms with Gasteiger partial charge in [-0.1, -0.05) is 51.3 Å². The van der Waals surface area contributed by atoms with Gasteiger partial charge >= 0.3 is 13.1 Å². The van der Waals surface area contributed by atoms with Crippen LogP contribution in [-0.4, -0.2) is 27.8 Å². The third-order valence-electron chi connectivity index (χ3n) is 8.45. The van der Waals surface area contributed by atoms with Crippen molar-refractivity contribution in [1.29, 1.82) is 0 Å². The number of hydrogen-bond donors (Lipinski definition) is 0. The summed E-state index contributed by atoms with van der Waals surface area (Å²) in [6.07, 6.45) is -0.370. The second kappa shape index (κ2) is 8.52. The summed E-state index contributed by atoms with van der Waals surface area (Å²) in [5, 5.41) is 0. The first-order chi connectivity index (χ1) is 18.5. The summed E-state index contributed by atoms with van der Waals surface area (Å²) < 4.78 is 81.6. The van der Waals surface area contributed by atoms with E-state index in [1.54, 1.807) is 24.3 Å². The van der Waals surface area contributed by atoms with E-state index in [1.807, 2.05) is 12.1 Å². The molecule has 0 radical (unpaired) electrons. The third-order valence-corrected chi connectivity index (χ3v) is 9.43. The number of hydrogen-bond acceptors (Lipinski definition) is 0. The van der Waals surface area contributed by atoms with Crippen molar-refractivity contribution in [3.8, 4) is 11.3 Å². The molecule has 2 nitrogen and oxygen atoms in total. The van der Waals surface area contributed by atoms with Crippen LogP contribution < -0.4 is 0 Å².